The van der Waals surface area contributed by atoms with Crippen molar-refractivity contribution in [3.05, 3.63) is 0 Å². The summed E-state index contributed by atoms with van der Waals surface area (Å²) in [5.74, 6) is 0. The SMILES string of the molecule is IC1CCN(C2COC2)CC1. The average molecular weight is 267 g/mol. The molecule has 2 fully saturated rings. The average Bonchev–Trinajstić information content (AvgIpc) is 1.90. The Morgan fingerprint density at radius 2 is 1.82 bits per heavy atom. The molecule has 0 radical (unpaired) electrons. The van der Waals surface area contributed by atoms with Gasteiger partial charge in [-0.3, -0.25) is 4.90 Å². The Hall–Kier alpha value is 0.650. The lowest BCUT2D eigenvalue weighted by Crippen LogP contribution is -2.51. The zero-order valence-corrected chi connectivity index (χ0v) is 8.79. The topological polar surface area (TPSA) is 12.5 Å². The van der Waals surface area contributed by atoms with Crippen LogP contribution in [0.5, 0.6) is 0 Å². The monoisotopic (exact) mass is 267 g/mol. The molecule has 0 aromatic carbocycles. The van der Waals surface area contributed by atoms with Crippen LogP contribution in [0.2, 0.25) is 0 Å². The Morgan fingerprint density at radius 3 is 2.27 bits per heavy atom. The zero-order valence-electron chi connectivity index (χ0n) is 6.63. The predicted molar refractivity (Wildman–Crippen MR) is 53.2 cm³/mol. The second-order valence-electron chi connectivity index (χ2n) is 3.40. The molecule has 0 unspecified atom stereocenters. The van der Waals surface area contributed by atoms with Crippen molar-refractivity contribution in [2.24, 2.45) is 0 Å². The van der Waals surface area contributed by atoms with Crippen LogP contribution in [0.25, 0.3) is 0 Å². The van der Waals surface area contributed by atoms with Gasteiger partial charge in [-0.05, 0) is 25.9 Å². The van der Waals surface area contributed by atoms with Crippen LogP contribution in [-0.4, -0.2) is 41.2 Å². The maximum absolute atomic E-state index is 5.17. The highest BCUT2D eigenvalue weighted by atomic mass is 127. The number of rotatable bonds is 1. The number of hydrogen-bond donors (Lipinski definition) is 0. The molecule has 0 saturated carbocycles. The Balaban J connectivity index is 1.77. The van der Waals surface area contributed by atoms with Gasteiger partial charge in [-0.2, -0.15) is 0 Å². The van der Waals surface area contributed by atoms with Crippen LogP contribution in [-0.2, 0) is 4.74 Å². The van der Waals surface area contributed by atoms with E-state index in [2.05, 4.69) is 27.5 Å². The largest absolute Gasteiger partial charge is 0.378 e. The fraction of sp³-hybridized carbons (Fsp3) is 1.00. The first kappa shape index (κ1) is 8.26. The summed E-state index contributed by atoms with van der Waals surface area (Å²) < 4.78 is 6.09. The van der Waals surface area contributed by atoms with E-state index in [1.165, 1.54) is 25.9 Å². The van der Waals surface area contributed by atoms with Gasteiger partial charge in [-0.15, -0.1) is 0 Å². The number of alkyl halides is 1. The molecule has 2 aliphatic heterocycles. The number of piperidine rings is 1. The van der Waals surface area contributed by atoms with Gasteiger partial charge in [0.25, 0.3) is 0 Å². The van der Waals surface area contributed by atoms with E-state index >= 15 is 0 Å². The molecule has 2 rings (SSSR count). The molecule has 2 heterocycles. The zero-order chi connectivity index (χ0) is 7.68. The van der Waals surface area contributed by atoms with Gasteiger partial charge in [0.1, 0.15) is 0 Å². The predicted octanol–water partition coefficient (Wildman–Crippen LogP) is 1.28. The first-order valence-corrected chi connectivity index (χ1v) is 5.56. The molecule has 2 saturated heterocycles. The van der Waals surface area contributed by atoms with Crippen LogP contribution in [0.4, 0.5) is 0 Å². The first-order valence-electron chi connectivity index (χ1n) is 4.32. The molecule has 64 valence electrons. The molecular weight excluding hydrogens is 253 g/mol. The number of halogens is 1. The van der Waals surface area contributed by atoms with Crippen molar-refractivity contribution in [3.63, 3.8) is 0 Å². The van der Waals surface area contributed by atoms with Crippen molar-refractivity contribution >= 4 is 22.6 Å². The summed E-state index contributed by atoms with van der Waals surface area (Å²) in [5, 5.41) is 0. The minimum atomic E-state index is 0.763. The van der Waals surface area contributed by atoms with Crippen LogP contribution in [0, 0.1) is 0 Å². The molecule has 0 aromatic rings. The van der Waals surface area contributed by atoms with Crippen molar-refractivity contribution in [1.29, 1.82) is 0 Å². The molecule has 0 aliphatic carbocycles. The summed E-state index contributed by atoms with van der Waals surface area (Å²) in [7, 11) is 0. The standard InChI is InChI=1S/C8H14INO/c9-7-1-3-10(4-2-7)8-5-11-6-8/h7-8H,1-6H2. The van der Waals surface area contributed by atoms with Gasteiger partial charge in [-0.1, -0.05) is 22.6 Å². The molecule has 0 amide bonds. The molecule has 11 heavy (non-hydrogen) atoms. The van der Waals surface area contributed by atoms with E-state index < -0.39 is 0 Å². The molecule has 0 bridgehead atoms. The summed E-state index contributed by atoms with van der Waals surface area (Å²) in [4.78, 5) is 2.58. The molecule has 0 aromatic heterocycles. The highest BCUT2D eigenvalue weighted by molar-refractivity contribution is 14.1. The Morgan fingerprint density at radius 1 is 1.18 bits per heavy atom. The van der Waals surface area contributed by atoms with E-state index in [0.29, 0.717) is 0 Å². The van der Waals surface area contributed by atoms with Crippen molar-refractivity contribution in [3.8, 4) is 0 Å². The third-order valence-corrected chi connectivity index (χ3v) is 3.84. The van der Waals surface area contributed by atoms with Crippen LogP contribution in [0.15, 0.2) is 0 Å². The summed E-state index contributed by atoms with van der Waals surface area (Å²) in [5.41, 5.74) is 0. The molecule has 2 aliphatic rings. The lowest BCUT2D eigenvalue weighted by molar-refractivity contribution is -0.0691. The Bertz CT molecular complexity index is 130. The van der Waals surface area contributed by atoms with E-state index in [9.17, 15) is 0 Å². The van der Waals surface area contributed by atoms with Crippen LogP contribution in [0.1, 0.15) is 12.8 Å². The van der Waals surface area contributed by atoms with Gasteiger partial charge in [0, 0.05) is 3.92 Å². The first-order chi connectivity index (χ1) is 5.36. The summed E-state index contributed by atoms with van der Waals surface area (Å²) in [6, 6.07) is 0.763. The summed E-state index contributed by atoms with van der Waals surface area (Å²) >= 11 is 2.56. The van der Waals surface area contributed by atoms with Crippen molar-refractivity contribution in [2.75, 3.05) is 26.3 Å². The number of nitrogens with zero attached hydrogens (tertiary/aromatic N) is 1. The van der Waals surface area contributed by atoms with E-state index in [0.717, 1.165) is 23.2 Å². The maximum atomic E-state index is 5.17. The van der Waals surface area contributed by atoms with E-state index in [-0.39, 0.29) is 0 Å². The van der Waals surface area contributed by atoms with Gasteiger partial charge >= 0.3 is 0 Å². The number of ether oxygens (including phenoxy) is 1. The van der Waals surface area contributed by atoms with Gasteiger partial charge in [0.2, 0.25) is 0 Å². The van der Waals surface area contributed by atoms with E-state index in [4.69, 9.17) is 4.74 Å². The lowest BCUT2D eigenvalue weighted by atomic mass is 10.1. The molecule has 3 heteroatoms. The molecule has 0 atom stereocenters. The summed E-state index contributed by atoms with van der Waals surface area (Å²) in [6.45, 7) is 4.54. The van der Waals surface area contributed by atoms with Gasteiger partial charge in [0.05, 0.1) is 19.3 Å². The third kappa shape index (κ3) is 1.87. The molecule has 2 nitrogen and oxygen atoms in total. The minimum Gasteiger partial charge on any atom is -0.378 e. The molecular formula is C8H14INO. The third-order valence-electron chi connectivity index (χ3n) is 2.60. The van der Waals surface area contributed by atoms with Crippen molar-refractivity contribution in [2.45, 2.75) is 22.8 Å². The molecule has 0 spiro atoms. The van der Waals surface area contributed by atoms with Gasteiger partial charge in [0.15, 0.2) is 0 Å². The fourth-order valence-corrected chi connectivity index (χ4v) is 2.22. The van der Waals surface area contributed by atoms with Crippen LogP contribution in [0.3, 0.4) is 0 Å². The smallest absolute Gasteiger partial charge is 0.0645 e. The van der Waals surface area contributed by atoms with Crippen molar-refractivity contribution in [1.82, 2.24) is 4.90 Å². The Labute approximate surface area is 81.4 Å². The van der Waals surface area contributed by atoms with E-state index in [1.807, 2.05) is 0 Å². The van der Waals surface area contributed by atoms with Gasteiger partial charge < -0.3 is 4.74 Å². The number of hydrogen-bond acceptors (Lipinski definition) is 2. The Kier molecular flexibility index (Phi) is 2.69. The van der Waals surface area contributed by atoms with Crippen LogP contribution >= 0.6 is 22.6 Å². The fourth-order valence-electron chi connectivity index (χ4n) is 1.67. The van der Waals surface area contributed by atoms with Gasteiger partial charge in [-0.25, -0.2) is 0 Å². The lowest BCUT2D eigenvalue weighted by Gasteiger charge is -2.40. The van der Waals surface area contributed by atoms with E-state index in [1.54, 1.807) is 0 Å². The second kappa shape index (κ2) is 3.58. The summed E-state index contributed by atoms with van der Waals surface area (Å²) in [6.07, 6.45) is 2.74. The highest BCUT2D eigenvalue weighted by Gasteiger charge is 2.28. The molecule has 0 N–H and O–H groups in total. The number of likely N-dealkylation sites (tertiary alicyclic amines) is 1. The van der Waals surface area contributed by atoms with Crippen LogP contribution < -0.4 is 0 Å². The maximum Gasteiger partial charge on any atom is 0.0645 e. The quantitative estimate of drug-likeness (QED) is 0.524. The normalized spacial score (nSPS) is 30.3. The minimum absolute atomic E-state index is 0.763. The van der Waals surface area contributed by atoms with Crippen molar-refractivity contribution < 1.29 is 4.74 Å². The highest BCUT2D eigenvalue weighted by Crippen LogP contribution is 2.21. The second-order valence-corrected chi connectivity index (χ2v) is 5.16.